The minimum absolute atomic E-state index is 0.0115. The topological polar surface area (TPSA) is 107 Å². The lowest BCUT2D eigenvalue weighted by Gasteiger charge is -2.62. The molecule has 0 heterocycles. The predicted octanol–water partition coefficient (Wildman–Crippen LogP) is 5.94. The molecule has 0 aliphatic heterocycles. The van der Waals surface area contributed by atoms with Gasteiger partial charge in [-0.05, 0) is 123 Å². The number of rotatable bonds is 7. The van der Waals surface area contributed by atoms with Crippen molar-refractivity contribution in [3.8, 4) is 0 Å². The van der Waals surface area contributed by atoms with E-state index in [1.165, 1.54) is 13.5 Å². The van der Waals surface area contributed by atoms with Crippen molar-refractivity contribution in [3.63, 3.8) is 0 Å². The smallest absolute Gasteiger partial charge is 0.397 e. The molecule has 5 fully saturated rings. The highest BCUT2D eigenvalue weighted by Crippen LogP contribution is 2.88. The summed E-state index contributed by atoms with van der Waals surface area (Å²) in [6, 6.07) is 0. The lowest BCUT2D eigenvalue weighted by atomic mass is 9.42. The number of hydrogen-bond acceptors (Lipinski definition) is 6. The summed E-state index contributed by atoms with van der Waals surface area (Å²) < 4.78 is 42.8. The van der Waals surface area contributed by atoms with Crippen LogP contribution in [-0.2, 0) is 28.9 Å². The Labute approximate surface area is 228 Å². The van der Waals surface area contributed by atoms with E-state index in [-0.39, 0.29) is 33.4 Å². The van der Waals surface area contributed by atoms with Crippen molar-refractivity contribution in [3.05, 3.63) is 11.6 Å². The van der Waals surface area contributed by atoms with Gasteiger partial charge in [0.05, 0.1) is 19.1 Å². The number of fused-ring (bicyclic) bond motifs is 2. The lowest BCUT2D eigenvalue weighted by molar-refractivity contribution is -0.169. The van der Waals surface area contributed by atoms with Crippen molar-refractivity contribution in [2.45, 2.75) is 105 Å². The standard InChI is InChI=1S/C30H46O7S/c1-18(2)15-20(31)16-19(3)21-9-11-28(5)24-8-7-22-25(26(32)36-6)23(37-38(33,34)35)10-12-29(22)17-30(24,29)14-13-27(21,28)4/h15,19,21-25H,7-14,16-17H2,1-6H3,(H,33,34,35)/t19-,21-,22?,23+,24?,25+,27-,28+,29-,30+/m1/s1. The van der Waals surface area contributed by atoms with Crippen molar-refractivity contribution < 1.29 is 31.5 Å². The molecule has 5 aliphatic rings. The molecule has 0 saturated heterocycles. The van der Waals surface area contributed by atoms with E-state index < -0.39 is 28.4 Å². The fraction of sp³-hybridized carbons (Fsp3) is 0.867. The molecule has 7 nitrogen and oxygen atoms in total. The summed E-state index contributed by atoms with van der Waals surface area (Å²) >= 11 is 0. The maximum Gasteiger partial charge on any atom is 0.397 e. The first-order valence-electron chi connectivity index (χ1n) is 14.6. The van der Waals surface area contributed by atoms with Gasteiger partial charge in [0.25, 0.3) is 0 Å². The Morgan fingerprint density at radius 3 is 2.34 bits per heavy atom. The fourth-order valence-electron chi connectivity index (χ4n) is 11.2. The number of esters is 1. The van der Waals surface area contributed by atoms with Crippen molar-refractivity contribution in [2.75, 3.05) is 7.11 Å². The largest absolute Gasteiger partial charge is 0.469 e. The van der Waals surface area contributed by atoms with Gasteiger partial charge in [0.15, 0.2) is 5.78 Å². The van der Waals surface area contributed by atoms with Gasteiger partial charge in [-0.1, -0.05) is 26.3 Å². The van der Waals surface area contributed by atoms with Crippen LogP contribution in [0.4, 0.5) is 0 Å². The molecular weight excluding hydrogens is 504 g/mol. The zero-order chi connectivity index (χ0) is 27.9. The molecule has 0 radical (unpaired) electrons. The molecule has 5 rings (SSSR count). The molecule has 5 aliphatic carbocycles. The molecule has 0 aromatic carbocycles. The van der Waals surface area contributed by atoms with Crippen LogP contribution in [0.25, 0.3) is 0 Å². The number of ether oxygens (including phenoxy) is 1. The second-order valence-corrected chi connectivity index (χ2v) is 15.3. The zero-order valence-corrected chi connectivity index (χ0v) is 24.7. The van der Waals surface area contributed by atoms with E-state index in [2.05, 4.69) is 20.8 Å². The number of allylic oxidation sites excluding steroid dienone is 2. The second kappa shape index (κ2) is 9.13. The van der Waals surface area contributed by atoms with E-state index in [9.17, 15) is 22.6 Å². The first-order valence-corrected chi connectivity index (χ1v) is 15.9. The second-order valence-electron chi connectivity index (χ2n) is 14.2. The predicted molar refractivity (Wildman–Crippen MR) is 143 cm³/mol. The average molecular weight is 551 g/mol. The molecule has 1 N–H and O–H groups in total. The SMILES string of the molecule is COC(=O)[C@H]1C2CCC3[C@]4(CC[C@]5(C)[C@@H]([C@H](C)CC(=O)C=C(C)C)CC[C@@]35C)C[C@]24CC[C@@H]1OS(=O)(=O)O. The summed E-state index contributed by atoms with van der Waals surface area (Å²) in [6.07, 6.45) is 10.3. The van der Waals surface area contributed by atoms with Gasteiger partial charge in [-0.3, -0.25) is 14.1 Å². The van der Waals surface area contributed by atoms with Gasteiger partial charge in [-0.2, -0.15) is 8.42 Å². The Bertz CT molecular complexity index is 1140. The van der Waals surface area contributed by atoms with E-state index in [1.54, 1.807) is 6.08 Å². The van der Waals surface area contributed by atoms with E-state index in [4.69, 9.17) is 8.92 Å². The Kier molecular flexibility index (Phi) is 6.80. The monoisotopic (exact) mass is 550 g/mol. The van der Waals surface area contributed by atoms with Gasteiger partial charge in [0.2, 0.25) is 0 Å². The van der Waals surface area contributed by atoms with E-state index in [0.717, 1.165) is 50.5 Å². The molecule has 214 valence electrons. The quantitative estimate of drug-likeness (QED) is 0.238. The number of methoxy groups -OCH3 is 1. The van der Waals surface area contributed by atoms with Crippen LogP contribution in [0.15, 0.2) is 11.6 Å². The Balaban J connectivity index is 1.41. The molecule has 0 bridgehead atoms. The lowest BCUT2D eigenvalue weighted by Crippen LogP contribution is -2.57. The van der Waals surface area contributed by atoms with Gasteiger partial charge in [0.1, 0.15) is 0 Å². The molecule has 38 heavy (non-hydrogen) atoms. The molecule has 2 spiro atoms. The first kappa shape index (κ1) is 28.3. The zero-order valence-electron chi connectivity index (χ0n) is 23.9. The number of carbonyl (C=O) groups excluding carboxylic acids is 2. The number of ketones is 1. The number of carbonyl (C=O) groups is 2. The van der Waals surface area contributed by atoms with Crippen LogP contribution in [0.5, 0.6) is 0 Å². The highest BCUT2D eigenvalue weighted by atomic mass is 32.3. The summed E-state index contributed by atoms with van der Waals surface area (Å²) in [5, 5.41) is 0. The van der Waals surface area contributed by atoms with Crippen LogP contribution in [0.2, 0.25) is 0 Å². The summed E-state index contributed by atoms with van der Waals surface area (Å²) in [7, 11) is -3.32. The first-order chi connectivity index (χ1) is 17.6. The summed E-state index contributed by atoms with van der Waals surface area (Å²) in [6.45, 7) is 11.2. The molecule has 10 atom stereocenters. The van der Waals surface area contributed by atoms with Crippen LogP contribution in [-0.4, -0.2) is 37.9 Å². The molecule has 2 unspecified atom stereocenters. The third kappa shape index (κ3) is 3.98. The van der Waals surface area contributed by atoms with Gasteiger partial charge >= 0.3 is 16.4 Å². The molecule has 5 saturated carbocycles. The van der Waals surface area contributed by atoms with E-state index >= 15 is 0 Å². The average Bonchev–Trinajstić information content (AvgIpc) is 3.39. The maximum absolute atomic E-state index is 13.0. The fourth-order valence-corrected chi connectivity index (χ4v) is 11.7. The minimum Gasteiger partial charge on any atom is -0.469 e. The van der Waals surface area contributed by atoms with Crippen LogP contribution >= 0.6 is 0 Å². The number of hydrogen-bond donors (Lipinski definition) is 1. The molecule has 0 aromatic rings. The highest BCUT2D eigenvalue weighted by Gasteiger charge is 2.82. The third-order valence-corrected chi connectivity index (χ3v) is 13.2. The van der Waals surface area contributed by atoms with Crippen molar-refractivity contribution >= 4 is 22.2 Å². The molecule has 0 amide bonds. The van der Waals surface area contributed by atoms with Crippen molar-refractivity contribution in [1.82, 2.24) is 0 Å². The summed E-state index contributed by atoms with van der Waals surface area (Å²) in [5.74, 6) is 0.584. The van der Waals surface area contributed by atoms with Crippen LogP contribution in [0.3, 0.4) is 0 Å². The van der Waals surface area contributed by atoms with Crippen molar-refractivity contribution in [2.24, 2.45) is 51.2 Å². The molecule has 8 heteroatoms. The van der Waals surface area contributed by atoms with Gasteiger partial charge < -0.3 is 4.74 Å². The van der Waals surface area contributed by atoms with Gasteiger partial charge in [-0.25, -0.2) is 4.18 Å². The Morgan fingerprint density at radius 2 is 1.71 bits per heavy atom. The van der Waals surface area contributed by atoms with Crippen LogP contribution < -0.4 is 0 Å². The van der Waals surface area contributed by atoms with Gasteiger partial charge in [0, 0.05) is 6.42 Å². The molecule has 0 aromatic heterocycles. The van der Waals surface area contributed by atoms with E-state index in [1.807, 2.05) is 13.8 Å². The molecular formula is C30H46O7S. The Hall–Kier alpha value is -1.25. The third-order valence-electron chi connectivity index (χ3n) is 12.7. The maximum atomic E-state index is 13.0. The summed E-state index contributed by atoms with van der Waals surface area (Å²) in [4.78, 5) is 25.6. The minimum atomic E-state index is -4.66. The van der Waals surface area contributed by atoms with Crippen LogP contribution in [0, 0.1) is 51.2 Å². The van der Waals surface area contributed by atoms with Crippen molar-refractivity contribution in [1.29, 1.82) is 0 Å². The normalized spacial score (nSPS) is 46.0. The Morgan fingerprint density at radius 1 is 1.00 bits per heavy atom. The highest BCUT2D eigenvalue weighted by molar-refractivity contribution is 7.80. The summed E-state index contributed by atoms with van der Waals surface area (Å²) in [5.41, 5.74) is 1.61. The van der Waals surface area contributed by atoms with Gasteiger partial charge in [-0.15, -0.1) is 0 Å². The van der Waals surface area contributed by atoms with Crippen LogP contribution in [0.1, 0.15) is 98.8 Å². The van der Waals surface area contributed by atoms with E-state index in [0.29, 0.717) is 30.6 Å².